The van der Waals surface area contributed by atoms with Gasteiger partial charge < -0.3 is 11.1 Å². The van der Waals surface area contributed by atoms with Crippen LogP contribution in [0.4, 0.5) is 4.79 Å². The lowest BCUT2D eigenvalue weighted by Crippen LogP contribution is -2.48. The summed E-state index contributed by atoms with van der Waals surface area (Å²) in [4.78, 5) is 22.7. The molecule has 0 fully saturated rings. The third-order valence-corrected chi connectivity index (χ3v) is 2.68. The monoisotopic (exact) mass is 261 g/mol. The maximum atomic E-state index is 11.4. The molecule has 1 atom stereocenters. The predicted molar refractivity (Wildman–Crippen MR) is 72.0 cm³/mol. The molecule has 6 heteroatoms. The number of imide groups is 1. The first-order chi connectivity index (χ1) is 7.70. The quantitative estimate of drug-likeness (QED) is 0.647. The van der Waals surface area contributed by atoms with Gasteiger partial charge in [0.1, 0.15) is 0 Å². The number of amides is 3. The van der Waals surface area contributed by atoms with Gasteiger partial charge in [-0.05, 0) is 39.9 Å². The van der Waals surface area contributed by atoms with E-state index in [2.05, 4.69) is 10.6 Å². The fourth-order valence-electron chi connectivity index (χ4n) is 0.969. The summed E-state index contributed by atoms with van der Waals surface area (Å²) in [5.74, 6) is 0.831. The Morgan fingerprint density at radius 3 is 2.41 bits per heavy atom. The molecule has 0 bridgehead atoms. The molecule has 0 aromatic rings. The van der Waals surface area contributed by atoms with Crippen molar-refractivity contribution in [1.82, 2.24) is 10.6 Å². The molecule has 100 valence electrons. The minimum absolute atomic E-state index is 0.148. The van der Waals surface area contributed by atoms with Crippen LogP contribution in [0, 0.1) is 0 Å². The predicted octanol–water partition coefficient (Wildman–Crippen LogP) is 1.08. The highest BCUT2D eigenvalue weighted by molar-refractivity contribution is 7.99. The smallest absolute Gasteiger partial charge is 0.321 e. The van der Waals surface area contributed by atoms with Crippen LogP contribution in [-0.2, 0) is 4.79 Å². The average molecular weight is 261 g/mol. The van der Waals surface area contributed by atoms with E-state index in [0.29, 0.717) is 0 Å². The molecule has 0 spiro atoms. The van der Waals surface area contributed by atoms with Crippen molar-refractivity contribution in [3.63, 3.8) is 0 Å². The number of thioether (sulfide) groups is 1. The average Bonchev–Trinajstić information content (AvgIpc) is 2.08. The van der Waals surface area contributed by atoms with E-state index in [9.17, 15) is 9.59 Å². The van der Waals surface area contributed by atoms with E-state index >= 15 is 0 Å². The Bertz CT molecular complexity index is 262. The summed E-state index contributed by atoms with van der Waals surface area (Å²) < 4.78 is 0. The van der Waals surface area contributed by atoms with Crippen LogP contribution in [0.2, 0.25) is 0 Å². The van der Waals surface area contributed by atoms with Gasteiger partial charge in [0.2, 0.25) is 5.91 Å². The van der Waals surface area contributed by atoms with Crippen LogP contribution in [0.3, 0.4) is 0 Å². The Morgan fingerprint density at radius 1 is 1.35 bits per heavy atom. The summed E-state index contributed by atoms with van der Waals surface area (Å²) in [6, 6.07) is -0.301. The van der Waals surface area contributed by atoms with Crippen molar-refractivity contribution in [1.29, 1.82) is 0 Å². The van der Waals surface area contributed by atoms with Crippen LogP contribution in [0.15, 0.2) is 0 Å². The summed E-state index contributed by atoms with van der Waals surface area (Å²) in [5.41, 5.74) is 5.24. The molecule has 0 rings (SSSR count). The van der Waals surface area contributed by atoms with Gasteiger partial charge in [-0.2, -0.15) is 11.8 Å². The SMILES string of the molecule is CC(N)CCSCC(=O)NC(=O)NC(C)(C)C. The summed E-state index contributed by atoms with van der Waals surface area (Å²) in [5, 5.41) is 4.94. The Kier molecular flexibility index (Phi) is 7.22. The van der Waals surface area contributed by atoms with Crippen LogP contribution in [0.1, 0.15) is 34.1 Å². The second-order valence-corrected chi connectivity index (χ2v) is 6.18. The standard InChI is InChI=1S/C11H23N3O2S/c1-8(12)5-6-17-7-9(15)13-10(16)14-11(2,3)4/h8H,5-7,12H2,1-4H3,(H2,13,14,15,16). The van der Waals surface area contributed by atoms with Gasteiger partial charge in [-0.3, -0.25) is 10.1 Å². The third kappa shape index (κ3) is 11.5. The number of urea groups is 1. The van der Waals surface area contributed by atoms with E-state index in [1.807, 2.05) is 27.7 Å². The molecule has 0 radical (unpaired) electrons. The van der Waals surface area contributed by atoms with Gasteiger partial charge in [0.15, 0.2) is 0 Å². The van der Waals surface area contributed by atoms with Crippen LogP contribution in [0.5, 0.6) is 0 Å². The molecular weight excluding hydrogens is 238 g/mol. The number of nitrogens with two attached hydrogens (primary N) is 1. The lowest BCUT2D eigenvalue weighted by molar-refractivity contribution is -0.117. The van der Waals surface area contributed by atoms with Crippen LogP contribution in [0.25, 0.3) is 0 Å². The number of hydrogen-bond acceptors (Lipinski definition) is 4. The molecule has 0 aliphatic rings. The molecule has 0 heterocycles. The molecule has 0 saturated carbocycles. The second kappa shape index (κ2) is 7.55. The minimum Gasteiger partial charge on any atom is -0.333 e. The van der Waals surface area contributed by atoms with E-state index in [0.717, 1.165) is 12.2 Å². The molecule has 5 nitrogen and oxygen atoms in total. The molecular formula is C11H23N3O2S. The minimum atomic E-state index is -0.449. The number of nitrogens with one attached hydrogen (secondary N) is 2. The van der Waals surface area contributed by atoms with Crippen molar-refractivity contribution in [2.45, 2.75) is 45.7 Å². The van der Waals surface area contributed by atoms with Crippen LogP contribution in [-0.4, -0.2) is 35.0 Å². The van der Waals surface area contributed by atoms with Gasteiger partial charge in [0, 0.05) is 11.6 Å². The summed E-state index contributed by atoms with van der Waals surface area (Å²) >= 11 is 1.48. The van der Waals surface area contributed by atoms with Crippen LogP contribution < -0.4 is 16.4 Å². The highest BCUT2D eigenvalue weighted by Crippen LogP contribution is 2.03. The molecule has 3 amide bonds. The largest absolute Gasteiger partial charge is 0.333 e. The van der Waals surface area contributed by atoms with E-state index in [-0.39, 0.29) is 23.2 Å². The number of rotatable bonds is 5. The maximum Gasteiger partial charge on any atom is 0.321 e. The molecule has 0 saturated heterocycles. The highest BCUT2D eigenvalue weighted by Gasteiger charge is 2.15. The van der Waals surface area contributed by atoms with E-state index in [4.69, 9.17) is 5.73 Å². The first-order valence-electron chi connectivity index (χ1n) is 5.66. The fraction of sp³-hybridized carbons (Fsp3) is 0.818. The first kappa shape index (κ1) is 16.2. The van der Waals surface area contributed by atoms with E-state index < -0.39 is 6.03 Å². The molecule has 0 aliphatic carbocycles. The van der Waals surface area contributed by atoms with E-state index in [1.54, 1.807) is 0 Å². The summed E-state index contributed by atoms with van der Waals surface area (Å²) in [6.07, 6.45) is 0.867. The van der Waals surface area contributed by atoms with Gasteiger partial charge in [-0.25, -0.2) is 4.79 Å². The summed E-state index contributed by atoms with van der Waals surface area (Å²) in [6.45, 7) is 7.49. The Labute approximate surface area is 107 Å². The Hall–Kier alpha value is -0.750. The van der Waals surface area contributed by atoms with E-state index in [1.165, 1.54) is 11.8 Å². The van der Waals surface area contributed by atoms with Gasteiger partial charge in [0.05, 0.1) is 5.75 Å². The Morgan fingerprint density at radius 2 is 1.94 bits per heavy atom. The lowest BCUT2D eigenvalue weighted by atomic mass is 10.1. The van der Waals surface area contributed by atoms with Crippen LogP contribution >= 0.6 is 11.8 Å². The van der Waals surface area contributed by atoms with Gasteiger partial charge in [-0.1, -0.05) is 0 Å². The number of hydrogen-bond donors (Lipinski definition) is 3. The molecule has 0 aromatic heterocycles. The molecule has 1 unspecified atom stereocenters. The normalized spacial score (nSPS) is 13.0. The molecule has 0 aliphatic heterocycles. The van der Waals surface area contributed by atoms with Crippen molar-refractivity contribution in [3.05, 3.63) is 0 Å². The topological polar surface area (TPSA) is 84.2 Å². The zero-order valence-corrected chi connectivity index (χ0v) is 11.8. The second-order valence-electron chi connectivity index (χ2n) is 5.07. The maximum absolute atomic E-state index is 11.4. The van der Waals surface area contributed by atoms with Crippen molar-refractivity contribution in [3.8, 4) is 0 Å². The van der Waals surface area contributed by atoms with Gasteiger partial charge in [0.25, 0.3) is 0 Å². The molecule has 4 N–H and O–H groups in total. The number of carbonyl (C=O) groups excluding carboxylic acids is 2. The van der Waals surface area contributed by atoms with Crippen molar-refractivity contribution in [2.75, 3.05) is 11.5 Å². The van der Waals surface area contributed by atoms with Gasteiger partial charge in [-0.15, -0.1) is 0 Å². The van der Waals surface area contributed by atoms with Crippen molar-refractivity contribution >= 4 is 23.7 Å². The fourth-order valence-corrected chi connectivity index (χ4v) is 1.91. The Balaban J connectivity index is 3.69. The third-order valence-electron chi connectivity index (χ3n) is 1.69. The molecule has 17 heavy (non-hydrogen) atoms. The summed E-state index contributed by atoms with van der Waals surface area (Å²) in [7, 11) is 0. The zero-order chi connectivity index (χ0) is 13.5. The highest BCUT2D eigenvalue weighted by atomic mass is 32.2. The lowest BCUT2D eigenvalue weighted by Gasteiger charge is -2.20. The van der Waals surface area contributed by atoms with Crippen molar-refractivity contribution in [2.24, 2.45) is 5.73 Å². The van der Waals surface area contributed by atoms with Gasteiger partial charge >= 0.3 is 6.03 Å². The zero-order valence-electron chi connectivity index (χ0n) is 11.0. The number of carbonyl (C=O) groups is 2. The first-order valence-corrected chi connectivity index (χ1v) is 6.81. The molecule has 0 aromatic carbocycles. The van der Waals surface area contributed by atoms with Crippen molar-refractivity contribution < 1.29 is 9.59 Å².